The second kappa shape index (κ2) is 7.18. The molecule has 0 saturated carbocycles. The third kappa shape index (κ3) is 4.32. The van der Waals surface area contributed by atoms with E-state index in [1.165, 1.54) is 26.2 Å². The van der Waals surface area contributed by atoms with Gasteiger partial charge in [-0.2, -0.15) is 0 Å². The summed E-state index contributed by atoms with van der Waals surface area (Å²) < 4.78 is 30.9. The molecule has 1 aliphatic heterocycles. The minimum Gasteiger partial charge on any atom is -0.378 e. The lowest BCUT2D eigenvalue weighted by molar-refractivity contribution is -0.122. The van der Waals surface area contributed by atoms with Gasteiger partial charge >= 0.3 is 0 Å². The lowest BCUT2D eigenvalue weighted by atomic mass is 10.0. The molecule has 24 heavy (non-hydrogen) atoms. The van der Waals surface area contributed by atoms with Gasteiger partial charge in [0.05, 0.1) is 24.7 Å². The lowest BCUT2D eigenvalue weighted by Crippen LogP contribution is -2.55. The molecule has 0 radical (unpaired) electrons. The minimum atomic E-state index is -3.53. The van der Waals surface area contributed by atoms with Gasteiger partial charge in [-0.1, -0.05) is 6.07 Å². The van der Waals surface area contributed by atoms with Gasteiger partial charge in [-0.25, -0.2) is 12.7 Å². The van der Waals surface area contributed by atoms with Gasteiger partial charge in [-0.15, -0.1) is 0 Å². The largest absolute Gasteiger partial charge is 0.378 e. The summed E-state index contributed by atoms with van der Waals surface area (Å²) in [6.07, 6.45) is 0. The summed E-state index contributed by atoms with van der Waals surface area (Å²) in [4.78, 5) is 14.5. The molecule has 8 heteroatoms. The highest BCUT2D eigenvalue weighted by Crippen LogP contribution is 2.20. The smallest absolute Gasteiger partial charge is 0.242 e. The number of hydrogen-bond donors (Lipinski definition) is 1. The maximum absolute atomic E-state index is 12.3. The number of nitrogens with one attached hydrogen (secondary N) is 1. The highest BCUT2D eigenvalue weighted by molar-refractivity contribution is 7.89. The fourth-order valence-electron chi connectivity index (χ4n) is 2.50. The van der Waals surface area contributed by atoms with Crippen LogP contribution in [0.4, 0.5) is 5.69 Å². The van der Waals surface area contributed by atoms with Crippen LogP contribution in [0, 0.1) is 0 Å². The Morgan fingerprint density at radius 2 is 2.08 bits per heavy atom. The Bertz CT molecular complexity index is 701. The first-order chi connectivity index (χ1) is 11.1. The average Bonchev–Trinajstić information content (AvgIpc) is 2.49. The molecule has 1 aromatic rings. The molecular formula is C16H25N3O4S. The predicted octanol–water partition coefficient (Wildman–Crippen LogP) is 0.986. The summed E-state index contributed by atoms with van der Waals surface area (Å²) >= 11 is 0. The highest BCUT2D eigenvalue weighted by Gasteiger charge is 2.31. The van der Waals surface area contributed by atoms with E-state index < -0.39 is 10.0 Å². The molecule has 0 aliphatic carbocycles. The molecule has 1 N–H and O–H groups in total. The molecular weight excluding hydrogens is 330 g/mol. The fourth-order valence-corrected chi connectivity index (χ4v) is 3.45. The third-order valence-electron chi connectivity index (χ3n) is 4.05. The van der Waals surface area contributed by atoms with E-state index in [1.807, 2.05) is 13.8 Å². The molecule has 0 unspecified atom stereocenters. The van der Waals surface area contributed by atoms with Gasteiger partial charge in [-0.3, -0.25) is 9.69 Å². The van der Waals surface area contributed by atoms with E-state index in [-0.39, 0.29) is 22.9 Å². The summed E-state index contributed by atoms with van der Waals surface area (Å²) in [5.74, 6) is -0.177. The van der Waals surface area contributed by atoms with Gasteiger partial charge in [0.1, 0.15) is 0 Å². The van der Waals surface area contributed by atoms with Crippen LogP contribution in [0.25, 0.3) is 0 Å². The lowest BCUT2D eigenvalue weighted by Gasteiger charge is -2.41. The molecule has 0 aromatic heterocycles. The van der Waals surface area contributed by atoms with Gasteiger partial charge in [0, 0.05) is 31.9 Å². The molecule has 1 aliphatic rings. The van der Waals surface area contributed by atoms with Crippen molar-refractivity contribution >= 4 is 21.6 Å². The summed E-state index contributed by atoms with van der Waals surface area (Å²) in [7, 11) is -0.579. The van der Waals surface area contributed by atoms with Crippen molar-refractivity contribution in [2.45, 2.75) is 24.3 Å². The third-order valence-corrected chi connectivity index (χ3v) is 5.86. The van der Waals surface area contributed by atoms with Gasteiger partial charge in [0.25, 0.3) is 0 Å². The van der Waals surface area contributed by atoms with Crippen molar-refractivity contribution in [1.82, 2.24) is 9.21 Å². The number of sulfonamides is 1. The van der Waals surface area contributed by atoms with Crippen LogP contribution in [0.2, 0.25) is 0 Å². The zero-order valence-electron chi connectivity index (χ0n) is 14.6. The van der Waals surface area contributed by atoms with Crippen LogP contribution in [0.3, 0.4) is 0 Å². The number of carbonyl (C=O) groups is 1. The maximum atomic E-state index is 12.3. The van der Waals surface area contributed by atoms with E-state index in [9.17, 15) is 13.2 Å². The Balaban J connectivity index is 2.07. The van der Waals surface area contributed by atoms with Crippen LogP contribution in [0.1, 0.15) is 13.8 Å². The first kappa shape index (κ1) is 18.9. The second-order valence-electron chi connectivity index (χ2n) is 6.65. The first-order valence-corrected chi connectivity index (χ1v) is 9.22. The number of amides is 1. The predicted molar refractivity (Wildman–Crippen MR) is 92.4 cm³/mol. The molecule has 134 valence electrons. The second-order valence-corrected chi connectivity index (χ2v) is 8.80. The Labute approximate surface area is 143 Å². The molecule has 1 amide bonds. The number of anilines is 1. The minimum absolute atomic E-state index is 0.150. The number of morpholine rings is 1. The Morgan fingerprint density at radius 3 is 2.71 bits per heavy atom. The van der Waals surface area contributed by atoms with Crippen molar-refractivity contribution in [3.05, 3.63) is 24.3 Å². The summed E-state index contributed by atoms with van der Waals surface area (Å²) in [5, 5.41) is 2.77. The van der Waals surface area contributed by atoms with Gasteiger partial charge in [0.15, 0.2) is 0 Å². The SMILES string of the molecule is CN(C)S(=O)(=O)c1cccc(NC(=O)CN2CCOCC2(C)C)c1. The number of nitrogens with zero attached hydrogens (tertiary/aromatic N) is 2. The van der Waals surface area contributed by atoms with Gasteiger partial charge in [-0.05, 0) is 32.0 Å². The standard InChI is InChI=1S/C16H25N3O4S/c1-16(2)12-23-9-8-19(16)11-15(20)17-13-6-5-7-14(10-13)24(21,22)18(3)4/h5-7,10H,8-9,11-12H2,1-4H3,(H,17,20). The normalized spacial score (nSPS) is 18.5. The zero-order valence-corrected chi connectivity index (χ0v) is 15.4. The van der Waals surface area contributed by atoms with Crippen LogP contribution in [0.15, 0.2) is 29.2 Å². The number of carbonyl (C=O) groups excluding carboxylic acids is 1. The van der Waals surface area contributed by atoms with Gasteiger partial charge < -0.3 is 10.1 Å². The molecule has 0 atom stereocenters. The van der Waals surface area contributed by atoms with Crippen LogP contribution in [-0.4, -0.2) is 69.5 Å². The Kier molecular flexibility index (Phi) is 5.64. The van der Waals surface area contributed by atoms with E-state index in [0.717, 1.165) is 4.31 Å². The number of benzene rings is 1. The number of hydrogen-bond acceptors (Lipinski definition) is 5. The van der Waals surface area contributed by atoms with E-state index >= 15 is 0 Å². The summed E-state index contributed by atoms with van der Waals surface area (Å²) in [6.45, 7) is 6.17. The van der Waals surface area contributed by atoms with E-state index in [0.29, 0.717) is 25.4 Å². The fraction of sp³-hybridized carbons (Fsp3) is 0.562. The quantitative estimate of drug-likeness (QED) is 0.852. The monoisotopic (exact) mass is 355 g/mol. The van der Waals surface area contributed by atoms with Gasteiger partial charge in [0.2, 0.25) is 15.9 Å². The number of ether oxygens (including phenoxy) is 1. The summed E-state index contributed by atoms with van der Waals surface area (Å²) in [5.41, 5.74) is 0.264. The maximum Gasteiger partial charge on any atom is 0.242 e. The van der Waals surface area contributed by atoms with Crippen molar-refractivity contribution < 1.29 is 17.9 Å². The average molecular weight is 355 g/mol. The van der Waals surface area contributed by atoms with Crippen molar-refractivity contribution in [2.24, 2.45) is 0 Å². The van der Waals surface area contributed by atoms with Crippen LogP contribution in [0.5, 0.6) is 0 Å². The molecule has 1 fully saturated rings. The van der Waals surface area contributed by atoms with Crippen molar-refractivity contribution in [1.29, 1.82) is 0 Å². The topological polar surface area (TPSA) is 79.0 Å². The van der Waals surface area contributed by atoms with Crippen molar-refractivity contribution in [2.75, 3.05) is 45.7 Å². The van der Waals surface area contributed by atoms with E-state index in [4.69, 9.17) is 4.74 Å². The van der Waals surface area contributed by atoms with Crippen molar-refractivity contribution in [3.63, 3.8) is 0 Å². The summed E-state index contributed by atoms with van der Waals surface area (Å²) in [6, 6.07) is 6.27. The van der Waals surface area contributed by atoms with Crippen LogP contribution < -0.4 is 5.32 Å². The molecule has 0 bridgehead atoms. The Hall–Kier alpha value is -1.48. The van der Waals surface area contributed by atoms with Crippen LogP contribution >= 0.6 is 0 Å². The van der Waals surface area contributed by atoms with Crippen LogP contribution in [-0.2, 0) is 19.6 Å². The number of rotatable bonds is 5. The Morgan fingerprint density at radius 1 is 1.38 bits per heavy atom. The molecule has 1 saturated heterocycles. The molecule has 1 heterocycles. The first-order valence-electron chi connectivity index (χ1n) is 7.78. The van der Waals surface area contributed by atoms with E-state index in [1.54, 1.807) is 12.1 Å². The van der Waals surface area contributed by atoms with E-state index in [2.05, 4.69) is 10.2 Å². The highest BCUT2D eigenvalue weighted by atomic mass is 32.2. The molecule has 7 nitrogen and oxygen atoms in total. The molecule has 1 aromatic carbocycles. The zero-order chi connectivity index (χ0) is 18.0. The molecule has 2 rings (SSSR count). The molecule has 0 spiro atoms. The van der Waals surface area contributed by atoms with Crippen molar-refractivity contribution in [3.8, 4) is 0 Å².